The number of carbonyl (C=O) groups excluding carboxylic acids is 1. The molecular formula is C30H32F5N3O7S. The fraction of sp³-hybridized carbons (Fsp3) is 0.400. The van der Waals surface area contributed by atoms with E-state index in [9.17, 15) is 40.3 Å². The minimum absolute atomic E-state index is 0.0282. The van der Waals surface area contributed by atoms with Gasteiger partial charge in [-0.15, -0.1) is 0 Å². The topological polar surface area (TPSA) is 127 Å². The molecule has 0 radical (unpaired) electrons. The lowest BCUT2D eigenvalue weighted by Gasteiger charge is -2.27. The van der Waals surface area contributed by atoms with Crippen LogP contribution in [0.15, 0.2) is 65.6 Å². The molecule has 2 heterocycles. The van der Waals surface area contributed by atoms with E-state index < -0.39 is 65.5 Å². The number of amides is 1. The van der Waals surface area contributed by atoms with Crippen LogP contribution in [0.5, 0.6) is 11.6 Å². The predicted octanol–water partition coefficient (Wildman–Crippen LogP) is 4.63. The van der Waals surface area contributed by atoms with Gasteiger partial charge in [-0.2, -0.15) is 22.0 Å². The van der Waals surface area contributed by atoms with E-state index in [1.54, 1.807) is 4.90 Å². The van der Waals surface area contributed by atoms with Crippen molar-refractivity contribution in [2.24, 2.45) is 0 Å². The molecule has 10 nitrogen and oxygen atoms in total. The van der Waals surface area contributed by atoms with Crippen molar-refractivity contribution < 1.29 is 54.5 Å². The van der Waals surface area contributed by atoms with E-state index in [1.807, 2.05) is 0 Å². The maximum atomic E-state index is 13.1. The van der Waals surface area contributed by atoms with E-state index in [0.29, 0.717) is 11.3 Å². The zero-order valence-electron chi connectivity index (χ0n) is 24.7. The number of rotatable bonds is 13. The number of sulfone groups is 1. The van der Waals surface area contributed by atoms with Gasteiger partial charge in [-0.1, -0.05) is 19.1 Å². The average molecular weight is 674 g/mol. The second kappa shape index (κ2) is 14.6. The summed E-state index contributed by atoms with van der Waals surface area (Å²) in [6, 6.07) is 11.2. The molecule has 0 spiro atoms. The fourth-order valence-electron chi connectivity index (χ4n) is 4.98. The lowest BCUT2D eigenvalue weighted by Crippen LogP contribution is -2.35. The molecule has 1 aromatic heterocycles. The third-order valence-corrected chi connectivity index (χ3v) is 9.11. The molecule has 2 aromatic carbocycles. The van der Waals surface area contributed by atoms with Gasteiger partial charge in [0.05, 0.1) is 55.2 Å². The highest BCUT2D eigenvalue weighted by atomic mass is 32.2. The number of ether oxygens (including phenoxy) is 3. The Morgan fingerprint density at radius 3 is 2.33 bits per heavy atom. The number of anilines is 1. The number of pyridine rings is 1. The number of hydrogen-bond acceptors (Lipinski definition) is 9. The number of hydrogen-bond donors (Lipinski definition) is 2. The van der Waals surface area contributed by atoms with Crippen molar-refractivity contribution in [3.05, 3.63) is 77.5 Å². The largest absolute Gasteiger partial charge is 0.489 e. The molecule has 1 saturated heterocycles. The van der Waals surface area contributed by atoms with E-state index in [0.717, 1.165) is 12.1 Å². The standard InChI is InChI=1S/C30H32F5N3O7S/c1-3-46(41,42)23-10-4-18(5-11-23)25(16-39)36-27(40)24-12-13-26(28(37-24)43-2)38-15-22(14-20(38)17-44-29(31)32)45-21-8-6-19(7-9-21)30(33,34)35/h4-13,20,22,25,29,39H,3,14-17H2,1-2H3,(H,36,40)/t20-,22?,25-/m0/s1. The Morgan fingerprint density at radius 1 is 1.09 bits per heavy atom. The number of aromatic nitrogens is 1. The minimum Gasteiger partial charge on any atom is -0.489 e. The van der Waals surface area contributed by atoms with Crippen LogP contribution in [0.3, 0.4) is 0 Å². The van der Waals surface area contributed by atoms with E-state index in [-0.39, 0.29) is 40.9 Å². The Kier molecular flexibility index (Phi) is 11.1. The molecule has 250 valence electrons. The smallest absolute Gasteiger partial charge is 0.416 e. The molecule has 3 atom stereocenters. The minimum atomic E-state index is -4.52. The van der Waals surface area contributed by atoms with Gasteiger partial charge in [0, 0.05) is 6.42 Å². The molecule has 1 amide bonds. The summed E-state index contributed by atoms with van der Waals surface area (Å²) in [6.07, 6.45) is -4.97. The fourth-order valence-corrected chi connectivity index (χ4v) is 5.86. The molecule has 16 heteroatoms. The van der Waals surface area contributed by atoms with Crippen LogP contribution >= 0.6 is 0 Å². The van der Waals surface area contributed by atoms with Crippen LogP contribution in [0.2, 0.25) is 0 Å². The summed E-state index contributed by atoms with van der Waals surface area (Å²) in [6.45, 7) is -2.33. The number of alkyl halides is 5. The number of methoxy groups -OCH3 is 1. The molecule has 0 bridgehead atoms. The van der Waals surface area contributed by atoms with Crippen molar-refractivity contribution >= 4 is 21.4 Å². The van der Waals surface area contributed by atoms with E-state index in [4.69, 9.17) is 9.47 Å². The van der Waals surface area contributed by atoms with Gasteiger partial charge < -0.3 is 29.5 Å². The molecule has 0 saturated carbocycles. The van der Waals surface area contributed by atoms with Crippen LogP contribution in [0.25, 0.3) is 0 Å². The summed E-state index contributed by atoms with van der Waals surface area (Å²) in [5.41, 5.74) is -0.164. The quantitative estimate of drug-likeness (QED) is 0.250. The molecule has 4 rings (SSSR count). The first-order valence-corrected chi connectivity index (χ1v) is 15.7. The third kappa shape index (κ3) is 8.41. The van der Waals surface area contributed by atoms with Crippen molar-refractivity contribution in [2.75, 3.05) is 37.5 Å². The van der Waals surface area contributed by atoms with Crippen LogP contribution in [-0.4, -0.2) is 75.8 Å². The monoisotopic (exact) mass is 673 g/mol. The summed E-state index contributed by atoms with van der Waals surface area (Å²) < 4.78 is 105. The van der Waals surface area contributed by atoms with Gasteiger partial charge in [0.2, 0.25) is 5.88 Å². The number of benzene rings is 2. The molecular weight excluding hydrogens is 641 g/mol. The van der Waals surface area contributed by atoms with Crippen molar-refractivity contribution in [3.8, 4) is 11.6 Å². The number of carbonyl (C=O) groups is 1. The van der Waals surface area contributed by atoms with Crippen molar-refractivity contribution in [1.29, 1.82) is 0 Å². The third-order valence-electron chi connectivity index (χ3n) is 7.36. The summed E-state index contributed by atoms with van der Waals surface area (Å²) in [5.74, 6) is -0.637. The number of aliphatic hydroxyl groups excluding tert-OH is 1. The Morgan fingerprint density at radius 2 is 1.76 bits per heavy atom. The summed E-state index contributed by atoms with van der Waals surface area (Å²) in [7, 11) is -2.14. The lowest BCUT2D eigenvalue weighted by atomic mass is 10.1. The normalized spacial score (nSPS) is 17.6. The summed E-state index contributed by atoms with van der Waals surface area (Å²) in [4.78, 5) is 19.1. The zero-order chi connectivity index (χ0) is 33.6. The first-order chi connectivity index (χ1) is 21.7. The van der Waals surface area contributed by atoms with Crippen LogP contribution in [-0.2, 0) is 20.8 Å². The number of nitrogens with one attached hydrogen (secondary N) is 1. The number of halogens is 5. The van der Waals surface area contributed by atoms with E-state index >= 15 is 0 Å². The van der Waals surface area contributed by atoms with Gasteiger partial charge in [0.25, 0.3) is 5.91 Å². The lowest BCUT2D eigenvalue weighted by molar-refractivity contribution is -0.137. The highest BCUT2D eigenvalue weighted by Crippen LogP contribution is 2.35. The van der Waals surface area contributed by atoms with Crippen molar-refractivity contribution in [2.45, 2.75) is 49.2 Å². The highest BCUT2D eigenvalue weighted by molar-refractivity contribution is 7.91. The van der Waals surface area contributed by atoms with E-state index in [2.05, 4.69) is 15.0 Å². The number of aliphatic hydroxyl groups is 1. The first kappa shape index (κ1) is 34.8. The summed E-state index contributed by atoms with van der Waals surface area (Å²) in [5, 5.41) is 12.6. The maximum Gasteiger partial charge on any atom is 0.416 e. The first-order valence-electron chi connectivity index (χ1n) is 14.1. The van der Waals surface area contributed by atoms with Gasteiger partial charge in [0.1, 0.15) is 23.2 Å². The van der Waals surface area contributed by atoms with Crippen LogP contribution < -0.4 is 19.7 Å². The van der Waals surface area contributed by atoms with Crippen LogP contribution in [0.1, 0.15) is 41.0 Å². The van der Waals surface area contributed by atoms with Gasteiger partial charge >= 0.3 is 12.8 Å². The Labute approximate surface area is 262 Å². The van der Waals surface area contributed by atoms with Crippen LogP contribution in [0.4, 0.5) is 27.6 Å². The average Bonchev–Trinajstić information content (AvgIpc) is 3.44. The molecule has 1 aliphatic heterocycles. The second-order valence-electron chi connectivity index (χ2n) is 10.3. The number of nitrogens with zero attached hydrogens (tertiary/aromatic N) is 2. The van der Waals surface area contributed by atoms with Crippen LogP contribution in [0, 0.1) is 0 Å². The zero-order valence-corrected chi connectivity index (χ0v) is 25.5. The molecule has 1 unspecified atom stereocenters. The van der Waals surface area contributed by atoms with Gasteiger partial charge in [-0.3, -0.25) is 4.79 Å². The Bertz CT molecular complexity index is 1590. The molecule has 0 aliphatic carbocycles. The molecule has 1 fully saturated rings. The van der Waals surface area contributed by atoms with E-state index in [1.165, 1.54) is 62.6 Å². The second-order valence-corrected chi connectivity index (χ2v) is 12.6. The Hall–Kier alpha value is -4.02. The summed E-state index contributed by atoms with van der Waals surface area (Å²) >= 11 is 0. The maximum absolute atomic E-state index is 13.1. The van der Waals surface area contributed by atoms with Gasteiger partial charge in [-0.25, -0.2) is 13.4 Å². The molecule has 3 aromatic rings. The Balaban J connectivity index is 1.51. The molecule has 1 aliphatic rings. The van der Waals surface area contributed by atoms with Gasteiger partial charge in [0.15, 0.2) is 9.84 Å². The van der Waals surface area contributed by atoms with Crippen molar-refractivity contribution in [3.63, 3.8) is 0 Å². The molecule has 46 heavy (non-hydrogen) atoms. The molecule has 2 N–H and O–H groups in total. The SMILES string of the molecule is CCS(=O)(=O)c1ccc([C@H](CO)NC(=O)c2ccc(N3CC(Oc4ccc(C(F)(F)F)cc4)C[C@H]3COC(F)F)c(OC)n2)cc1. The van der Waals surface area contributed by atoms with Crippen molar-refractivity contribution in [1.82, 2.24) is 10.3 Å². The highest BCUT2D eigenvalue weighted by Gasteiger charge is 2.37. The predicted molar refractivity (Wildman–Crippen MR) is 156 cm³/mol. The van der Waals surface area contributed by atoms with Gasteiger partial charge in [-0.05, 0) is 54.1 Å².